The summed E-state index contributed by atoms with van der Waals surface area (Å²) in [7, 11) is 0. The first-order valence-electron chi connectivity index (χ1n) is 7.02. The van der Waals surface area contributed by atoms with Crippen molar-refractivity contribution in [2.75, 3.05) is 26.2 Å². The highest BCUT2D eigenvalue weighted by Gasteiger charge is 2.19. The van der Waals surface area contributed by atoms with Crippen molar-refractivity contribution in [1.29, 1.82) is 0 Å². The third-order valence-corrected chi connectivity index (χ3v) is 3.66. The van der Waals surface area contributed by atoms with Crippen LogP contribution >= 0.6 is 0 Å². The van der Waals surface area contributed by atoms with E-state index < -0.39 is 0 Å². The average Bonchev–Trinajstić information content (AvgIpc) is 2.65. The maximum atomic E-state index is 5.86. The monoisotopic (exact) mass is 248 g/mol. The fourth-order valence-corrected chi connectivity index (χ4v) is 2.60. The highest BCUT2D eigenvalue weighted by Crippen LogP contribution is 2.16. The largest absolute Gasteiger partial charge is 0.492 e. The van der Waals surface area contributed by atoms with Crippen LogP contribution in [0.15, 0.2) is 30.3 Å². The van der Waals surface area contributed by atoms with Crippen LogP contribution in [0.25, 0.3) is 0 Å². The minimum absolute atomic E-state index is 0.548. The summed E-state index contributed by atoms with van der Waals surface area (Å²) in [5.74, 6) is 0.955. The first kappa shape index (κ1) is 13.4. The molecule has 3 heteroatoms. The molecular formula is C15H24N2O. The molecule has 0 amide bonds. The number of para-hydroxylation sites is 1. The Morgan fingerprint density at radius 1 is 1.17 bits per heavy atom. The number of ether oxygens (including phenoxy) is 1. The highest BCUT2D eigenvalue weighted by atomic mass is 16.5. The van der Waals surface area contributed by atoms with E-state index in [-0.39, 0.29) is 0 Å². The van der Waals surface area contributed by atoms with E-state index in [1.54, 1.807) is 0 Å². The van der Waals surface area contributed by atoms with Crippen LogP contribution in [-0.2, 0) is 0 Å². The smallest absolute Gasteiger partial charge is 0.119 e. The molecule has 0 spiro atoms. The first-order valence-corrected chi connectivity index (χ1v) is 7.02. The summed E-state index contributed by atoms with van der Waals surface area (Å²) in [6.07, 6.45) is 5.19. The molecule has 1 unspecified atom stereocenters. The molecule has 100 valence electrons. The van der Waals surface area contributed by atoms with Gasteiger partial charge in [0.25, 0.3) is 0 Å². The van der Waals surface area contributed by atoms with E-state index in [2.05, 4.69) is 4.90 Å². The van der Waals surface area contributed by atoms with Gasteiger partial charge in [-0.3, -0.25) is 4.90 Å². The van der Waals surface area contributed by atoms with E-state index in [0.29, 0.717) is 6.04 Å². The first-order chi connectivity index (χ1) is 8.90. The third kappa shape index (κ3) is 4.00. The summed E-state index contributed by atoms with van der Waals surface area (Å²) in [5, 5.41) is 0. The normalized spacial score (nSPS) is 21.5. The summed E-state index contributed by atoms with van der Waals surface area (Å²) in [4.78, 5) is 2.50. The van der Waals surface area contributed by atoms with Crippen LogP contribution in [-0.4, -0.2) is 37.2 Å². The second kappa shape index (κ2) is 7.39. The van der Waals surface area contributed by atoms with E-state index in [1.807, 2.05) is 30.3 Å². The van der Waals surface area contributed by atoms with Crippen molar-refractivity contribution in [3.8, 4) is 5.75 Å². The Hall–Kier alpha value is -1.06. The van der Waals surface area contributed by atoms with E-state index in [4.69, 9.17) is 10.5 Å². The minimum Gasteiger partial charge on any atom is -0.492 e. The van der Waals surface area contributed by atoms with Crippen LogP contribution in [0.4, 0.5) is 0 Å². The molecule has 2 rings (SSSR count). The molecule has 2 N–H and O–H groups in total. The van der Waals surface area contributed by atoms with Gasteiger partial charge in [0, 0.05) is 19.1 Å². The van der Waals surface area contributed by atoms with Gasteiger partial charge in [-0.1, -0.05) is 31.0 Å². The number of hydrogen-bond acceptors (Lipinski definition) is 3. The Balaban J connectivity index is 1.77. The van der Waals surface area contributed by atoms with Gasteiger partial charge in [-0.25, -0.2) is 0 Å². The van der Waals surface area contributed by atoms with Crippen molar-refractivity contribution in [2.45, 2.75) is 31.7 Å². The number of benzene rings is 1. The molecule has 0 saturated carbocycles. The molecule has 1 aromatic rings. The van der Waals surface area contributed by atoms with Gasteiger partial charge in [-0.05, 0) is 31.5 Å². The van der Waals surface area contributed by atoms with Crippen molar-refractivity contribution < 1.29 is 4.74 Å². The van der Waals surface area contributed by atoms with Crippen LogP contribution in [0.2, 0.25) is 0 Å². The van der Waals surface area contributed by atoms with Crippen LogP contribution in [0.3, 0.4) is 0 Å². The van der Waals surface area contributed by atoms with Gasteiger partial charge in [0.2, 0.25) is 0 Å². The standard InChI is InChI=1S/C15H24N2O/c16-13-14-7-3-2-6-10-17(14)11-12-18-15-8-4-1-5-9-15/h1,4-5,8-9,14H,2-3,6-7,10-13,16H2. The number of rotatable bonds is 5. The van der Waals surface area contributed by atoms with E-state index >= 15 is 0 Å². The zero-order chi connectivity index (χ0) is 12.6. The summed E-state index contributed by atoms with van der Waals surface area (Å²) >= 11 is 0. The van der Waals surface area contributed by atoms with Crippen molar-refractivity contribution in [2.24, 2.45) is 5.73 Å². The Morgan fingerprint density at radius 2 is 2.00 bits per heavy atom. The molecule has 1 aliphatic rings. The average molecular weight is 248 g/mol. The molecule has 0 bridgehead atoms. The molecule has 0 aliphatic carbocycles. The number of nitrogens with zero attached hydrogens (tertiary/aromatic N) is 1. The molecule has 0 aromatic heterocycles. The second-order valence-corrected chi connectivity index (χ2v) is 4.94. The SMILES string of the molecule is NCC1CCCCCN1CCOc1ccccc1. The molecule has 3 nitrogen and oxygen atoms in total. The van der Waals surface area contributed by atoms with Crippen LogP contribution in [0, 0.1) is 0 Å². The zero-order valence-electron chi connectivity index (χ0n) is 11.1. The lowest BCUT2D eigenvalue weighted by Gasteiger charge is -2.28. The van der Waals surface area contributed by atoms with Gasteiger partial charge in [-0.15, -0.1) is 0 Å². The number of hydrogen-bond donors (Lipinski definition) is 1. The summed E-state index contributed by atoms with van der Waals surface area (Å²) in [6.45, 7) is 3.67. The molecule has 1 aromatic carbocycles. The Labute approximate surface area is 110 Å². The van der Waals surface area contributed by atoms with Crippen LogP contribution in [0.1, 0.15) is 25.7 Å². The predicted molar refractivity (Wildman–Crippen MR) is 74.8 cm³/mol. The fourth-order valence-electron chi connectivity index (χ4n) is 2.60. The maximum absolute atomic E-state index is 5.86. The third-order valence-electron chi connectivity index (χ3n) is 3.66. The topological polar surface area (TPSA) is 38.5 Å². The predicted octanol–water partition coefficient (Wildman–Crippen LogP) is 2.27. The van der Waals surface area contributed by atoms with Crippen LogP contribution in [0.5, 0.6) is 5.75 Å². The summed E-state index contributed by atoms with van der Waals surface area (Å²) in [5.41, 5.74) is 5.86. The van der Waals surface area contributed by atoms with Crippen molar-refractivity contribution >= 4 is 0 Å². The van der Waals surface area contributed by atoms with Crippen molar-refractivity contribution in [1.82, 2.24) is 4.90 Å². The molecule has 1 saturated heterocycles. The van der Waals surface area contributed by atoms with Crippen molar-refractivity contribution in [3.05, 3.63) is 30.3 Å². The van der Waals surface area contributed by atoms with Gasteiger partial charge in [0.15, 0.2) is 0 Å². The van der Waals surface area contributed by atoms with Gasteiger partial charge >= 0.3 is 0 Å². The van der Waals surface area contributed by atoms with Gasteiger partial charge in [-0.2, -0.15) is 0 Å². The molecular weight excluding hydrogens is 224 g/mol. The molecule has 0 radical (unpaired) electrons. The molecule has 1 aliphatic heterocycles. The summed E-state index contributed by atoms with van der Waals surface area (Å²) in [6, 6.07) is 10.6. The van der Waals surface area contributed by atoms with E-state index in [0.717, 1.165) is 25.4 Å². The number of likely N-dealkylation sites (tertiary alicyclic amines) is 1. The lowest BCUT2D eigenvalue weighted by molar-refractivity contribution is 0.165. The molecule has 18 heavy (non-hydrogen) atoms. The quantitative estimate of drug-likeness (QED) is 0.868. The van der Waals surface area contributed by atoms with E-state index in [1.165, 1.54) is 32.2 Å². The maximum Gasteiger partial charge on any atom is 0.119 e. The second-order valence-electron chi connectivity index (χ2n) is 4.94. The molecule has 1 fully saturated rings. The Morgan fingerprint density at radius 3 is 2.78 bits per heavy atom. The van der Waals surface area contributed by atoms with Crippen LogP contribution < -0.4 is 10.5 Å². The van der Waals surface area contributed by atoms with Gasteiger partial charge in [0.1, 0.15) is 12.4 Å². The Bertz CT molecular complexity index is 329. The lowest BCUT2D eigenvalue weighted by Crippen LogP contribution is -2.42. The summed E-state index contributed by atoms with van der Waals surface area (Å²) < 4.78 is 5.76. The highest BCUT2D eigenvalue weighted by molar-refractivity contribution is 5.20. The minimum atomic E-state index is 0.548. The number of nitrogens with two attached hydrogens (primary N) is 1. The van der Waals surface area contributed by atoms with Gasteiger partial charge < -0.3 is 10.5 Å². The lowest BCUT2D eigenvalue weighted by atomic mass is 10.1. The van der Waals surface area contributed by atoms with Gasteiger partial charge in [0.05, 0.1) is 0 Å². The zero-order valence-corrected chi connectivity index (χ0v) is 11.1. The molecule has 1 heterocycles. The van der Waals surface area contributed by atoms with Crippen molar-refractivity contribution in [3.63, 3.8) is 0 Å². The fraction of sp³-hybridized carbons (Fsp3) is 0.600. The Kier molecular flexibility index (Phi) is 5.49. The van der Waals surface area contributed by atoms with E-state index in [9.17, 15) is 0 Å². The molecule has 1 atom stereocenters.